The quantitative estimate of drug-likeness (QED) is 0.0321. The van der Waals surface area contributed by atoms with E-state index >= 15 is 0 Å². The molecule has 2 atom stereocenters. The molecule has 0 spiro atoms. The van der Waals surface area contributed by atoms with Gasteiger partial charge in [-0.1, -0.05) is 256 Å². The highest BCUT2D eigenvalue weighted by atomic mass is 16.5. The van der Waals surface area contributed by atoms with Crippen LogP contribution in [0.15, 0.2) is 36.5 Å². The average Bonchev–Trinajstić information content (AvgIpc) is 3.33. The van der Waals surface area contributed by atoms with Crippen LogP contribution in [0.5, 0.6) is 0 Å². The first kappa shape index (κ1) is 65.1. The van der Waals surface area contributed by atoms with Gasteiger partial charge in [-0.3, -0.25) is 9.59 Å². The molecule has 2 unspecified atom stereocenters. The smallest absolute Gasteiger partial charge is 0.305 e. The van der Waals surface area contributed by atoms with E-state index in [0.29, 0.717) is 19.4 Å². The first-order chi connectivity index (χ1) is 33.0. The molecule has 0 aromatic carbocycles. The van der Waals surface area contributed by atoms with Gasteiger partial charge in [-0.2, -0.15) is 0 Å². The summed E-state index contributed by atoms with van der Waals surface area (Å²) in [7, 11) is 0. The topological polar surface area (TPSA) is 95.9 Å². The van der Waals surface area contributed by atoms with Crippen LogP contribution in [-0.2, 0) is 14.3 Å². The van der Waals surface area contributed by atoms with Crippen molar-refractivity contribution in [3.8, 4) is 0 Å². The predicted octanol–water partition coefficient (Wildman–Crippen LogP) is 18.4. The van der Waals surface area contributed by atoms with Gasteiger partial charge in [0, 0.05) is 12.8 Å². The molecule has 6 nitrogen and oxygen atoms in total. The van der Waals surface area contributed by atoms with Gasteiger partial charge in [0.1, 0.15) is 0 Å². The summed E-state index contributed by atoms with van der Waals surface area (Å²) in [6, 6.07) is -0.634. The van der Waals surface area contributed by atoms with Crippen molar-refractivity contribution >= 4 is 11.9 Å². The lowest BCUT2D eigenvalue weighted by molar-refractivity contribution is -0.143. The summed E-state index contributed by atoms with van der Waals surface area (Å²) < 4.78 is 5.48. The van der Waals surface area contributed by atoms with E-state index in [0.717, 1.165) is 51.4 Å². The van der Waals surface area contributed by atoms with Crippen molar-refractivity contribution in [2.24, 2.45) is 0 Å². The molecule has 0 fully saturated rings. The van der Waals surface area contributed by atoms with Crippen molar-refractivity contribution in [2.75, 3.05) is 13.2 Å². The Hall–Kier alpha value is -1.92. The largest absolute Gasteiger partial charge is 0.466 e. The molecule has 0 aliphatic heterocycles. The molecule has 0 aliphatic rings. The summed E-state index contributed by atoms with van der Waals surface area (Å²) in [5.41, 5.74) is 0. The minimum atomic E-state index is -0.849. The highest BCUT2D eigenvalue weighted by Gasteiger charge is 2.18. The molecule has 0 bridgehead atoms. The molecule has 394 valence electrons. The minimum Gasteiger partial charge on any atom is -0.466 e. The first-order valence-electron chi connectivity index (χ1n) is 29.8. The Balaban J connectivity index is 3.44. The summed E-state index contributed by atoms with van der Waals surface area (Å²) in [5, 5.41) is 23.1. The minimum absolute atomic E-state index is 0.00202. The van der Waals surface area contributed by atoms with E-state index in [1.54, 1.807) is 6.08 Å². The van der Waals surface area contributed by atoms with Crippen molar-refractivity contribution in [2.45, 2.75) is 328 Å². The van der Waals surface area contributed by atoms with Crippen LogP contribution < -0.4 is 5.32 Å². The molecule has 0 aromatic rings. The summed E-state index contributed by atoms with van der Waals surface area (Å²) in [4.78, 5) is 24.5. The second kappa shape index (κ2) is 56.7. The molecule has 0 aromatic heterocycles. The third-order valence-electron chi connectivity index (χ3n) is 13.6. The summed E-state index contributed by atoms with van der Waals surface area (Å²) in [5.74, 6) is -0.0748. The zero-order valence-electron chi connectivity index (χ0n) is 44.9. The molecule has 6 heteroatoms. The fraction of sp³-hybridized carbons (Fsp3) is 0.869. The van der Waals surface area contributed by atoms with E-state index < -0.39 is 12.1 Å². The Kier molecular flexibility index (Phi) is 55.0. The maximum Gasteiger partial charge on any atom is 0.305 e. The predicted molar refractivity (Wildman–Crippen MR) is 292 cm³/mol. The maximum absolute atomic E-state index is 12.4. The number of carbonyl (C=O) groups is 2. The Bertz CT molecular complexity index is 1090. The van der Waals surface area contributed by atoms with Crippen molar-refractivity contribution < 1.29 is 24.5 Å². The molecular formula is C61H115NO5. The molecule has 0 aliphatic carbocycles. The normalized spacial score (nSPS) is 12.8. The van der Waals surface area contributed by atoms with Gasteiger partial charge in [-0.15, -0.1) is 0 Å². The van der Waals surface area contributed by atoms with Crippen molar-refractivity contribution in [1.29, 1.82) is 0 Å². The second-order valence-electron chi connectivity index (χ2n) is 20.3. The molecule has 0 heterocycles. The van der Waals surface area contributed by atoms with Crippen LogP contribution >= 0.6 is 0 Å². The number of amides is 1. The number of rotatable bonds is 55. The number of esters is 1. The summed E-state index contributed by atoms with van der Waals surface area (Å²) in [6.07, 6.45) is 70.3. The number of carbonyl (C=O) groups excluding carboxylic acids is 2. The maximum atomic E-state index is 12.4. The van der Waals surface area contributed by atoms with Gasteiger partial charge in [0.25, 0.3) is 0 Å². The second-order valence-corrected chi connectivity index (χ2v) is 20.3. The van der Waals surface area contributed by atoms with E-state index in [4.69, 9.17) is 4.74 Å². The number of nitrogens with one attached hydrogen (secondary N) is 1. The van der Waals surface area contributed by atoms with Gasteiger partial charge in [0.05, 0.1) is 25.4 Å². The molecule has 67 heavy (non-hydrogen) atoms. The molecule has 3 N–H and O–H groups in total. The van der Waals surface area contributed by atoms with Crippen molar-refractivity contribution in [3.63, 3.8) is 0 Å². The average molecular weight is 943 g/mol. The Labute approximate surface area is 417 Å². The zero-order chi connectivity index (χ0) is 48.6. The molecular weight excluding hydrogens is 827 g/mol. The fourth-order valence-electron chi connectivity index (χ4n) is 9.03. The van der Waals surface area contributed by atoms with Crippen LogP contribution in [0.1, 0.15) is 316 Å². The van der Waals surface area contributed by atoms with Crippen LogP contribution in [0.2, 0.25) is 0 Å². The van der Waals surface area contributed by atoms with Gasteiger partial charge in [0.2, 0.25) is 5.91 Å². The fourth-order valence-corrected chi connectivity index (χ4v) is 9.03. The molecule has 0 saturated carbocycles. The number of ether oxygens (including phenoxy) is 1. The van der Waals surface area contributed by atoms with E-state index in [-0.39, 0.29) is 18.5 Å². The standard InChI is InChI=1S/C61H115NO5/c1-3-5-7-9-11-13-15-17-18-23-27-31-35-39-43-47-51-55-61(66)67-56-52-48-44-40-36-32-28-25-22-20-19-21-24-26-30-34-38-42-46-50-54-60(65)62-58(57-63)59(64)53-49-45-41-37-33-29-16-14-12-10-8-6-4-2/h17-19,21,49,53,58-59,63-64H,3-16,20,22-48,50-52,54-57H2,1-2H3,(H,62,65)/b18-17-,21-19-,53-49+. The molecule has 1 amide bonds. The lowest BCUT2D eigenvalue weighted by Gasteiger charge is -2.20. The SMILES string of the molecule is CCCCCCCC/C=C\CCCCCCCCCC(=O)OCCCCCCCCCCC/C=C\CCCCCCCCCC(=O)NC(CO)C(O)/C=C/CCCCCCCCCCCCC. The van der Waals surface area contributed by atoms with Crippen molar-refractivity contribution in [3.05, 3.63) is 36.5 Å². The Morgan fingerprint density at radius 2 is 0.701 bits per heavy atom. The van der Waals surface area contributed by atoms with E-state index in [2.05, 4.69) is 43.5 Å². The van der Waals surface area contributed by atoms with Crippen molar-refractivity contribution in [1.82, 2.24) is 5.32 Å². The highest BCUT2D eigenvalue weighted by molar-refractivity contribution is 5.76. The van der Waals surface area contributed by atoms with Gasteiger partial charge in [-0.05, 0) is 83.5 Å². The molecule has 0 radical (unpaired) electrons. The number of unbranched alkanes of at least 4 members (excludes halogenated alkanes) is 40. The highest BCUT2D eigenvalue weighted by Crippen LogP contribution is 2.16. The molecule has 0 saturated heterocycles. The Morgan fingerprint density at radius 3 is 1.06 bits per heavy atom. The first-order valence-corrected chi connectivity index (χ1v) is 29.8. The summed E-state index contributed by atoms with van der Waals surface area (Å²) in [6.45, 7) is 4.89. The van der Waals surface area contributed by atoms with E-state index in [9.17, 15) is 19.8 Å². The molecule has 0 rings (SSSR count). The van der Waals surface area contributed by atoms with Crippen LogP contribution in [0.25, 0.3) is 0 Å². The number of aliphatic hydroxyl groups is 2. The van der Waals surface area contributed by atoms with Gasteiger partial charge in [0.15, 0.2) is 0 Å². The van der Waals surface area contributed by atoms with Crippen LogP contribution in [-0.4, -0.2) is 47.4 Å². The van der Waals surface area contributed by atoms with E-state index in [1.165, 1.54) is 238 Å². The third kappa shape index (κ3) is 53.3. The summed E-state index contributed by atoms with van der Waals surface area (Å²) >= 11 is 0. The monoisotopic (exact) mass is 942 g/mol. The van der Waals surface area contributed by atoms with Crippen LogP contribution in [0.4, 0.5) is 0 Å². The number of allylic oxidation sites excluding steroid dienone is 5. The number of hydrogen-bond acceptors (Lipinski definition) is 5. The number of aliphatic hydroxyl groups excluding tert-OH is 2. The van der Waals surface area contributed by atoms with Gasteiger partial charge >= 0.3 is 5.97 Å². The number of hydrogen-bond donors (Lipinski definition) is 3. The van der Waals surface area contributed by atoms with Gasteiger partial charge in [-0.25, -0.2) is 0 Å². The lowest BCUT2D eigenvalue weighted by Crippen LogP contribution is -2.45. The Morgan fingerprint density at radius 1 is 0.403 bits per heavy atom. The van der Waals surface area contributed by atoms with E-state index in [1.807, 2.05) is 6.08 Å². The van der Waals surface area contributed by atoms with Crippen LogP contribution in [0, 0.1) is 0 Å². The van der Waals surface area contributed by atoms with Gasteiger partial charge < -0.3 is 20.3 Å². The van der Waals surface area contributed by atoms with Crippen LogP contribution in [0.3, 0.4) is 0 Å². The zero-order valence-corrected chi connectivity index (χ0v) is 44.9. The third-order valence-corrected chi connectivity index (χ3v) is 13.6. The lowest BCUT2D eigenvalue weighted by atomic mass is 10.0.